The van der Waals surface area contributed by atoms with E-state index in [-0.39, 0.29) is 23.2 Å². The van der Waals surface area contributed by atoms with E-state index in [0.717, 1.165) is 5.56 Å². The number of ether oxygens (including phenoxy) is 1. The smallest absolute Gasteiger partial charge is 0.387 e. The van der Waals surface area contributed by atoms with Gasteiger partial charge in [0.25, 0.3) is 0 Å². The second-order valence-corrected chi connectivity index (χ2v) is 6.36. The third kappa shape index (κ3) is 5.23. The fraction of sp³-hybridized carbons (Fsp3) is 0.158. The first kappa shape index (κ1) is 19.7. The van der Waals surface area contributed by atoms with E-state index in [1.54, 1.807) is 47.3 Å². The van der Waals surface area contributed by atoms with Crippen molar-refractivity contribution in [3.8, 4) is 5.75 Å². The van der Waals surface area contributed by atoms with E-state index in [0.29, 0.717) is 17.1 Å². The number of nitrogens with one attached hydrogen (secondary N) is 2. The summed E-state index contributed by atoms with van der Waals surface area (Å²) in [5, 5.41) is 10.1. The number of hydrogen-bond acceptors (Lipinski definition) is 3. The van der Waals surface area contributed by atoms with Crippen LogP contribution in [0.3, 0.4) is 0 Å². The van der Waals surface area contributed by atoms with Crippen molar-refractivity contribution in [2.24, 2.45) is 0 Å². The van der Waals surface area contributed by atoms with Crippen LogP contribution in [0, 0.1) is 12.7 Å². The Morgan fingerprint density at radius 1 is 1.18 bits per heavy atom. The molecule has 0 aliphatic heterocycles. The molecule has 146 valence electrons. The lowest BCUT2D eigenvalue weighted by atomic mass is 10.2. The minimum absolute atomic E-state index is 0.0187. The highest BCUT2D eigenvalue weighted by Gasteiger charge is 2.12. The Labute approximate surface area is 165 Å². The fourth-order valence-corrected chi connectivity index (χ4v) is 2.74. The van der Waals surface area contributed by atoms with Crippen LogP contribution in [0.1, 0.15) is 11.1 Å². The first-order valence-electron chi connectivity index (χ1n) is 8.31. The summed E-state index contributed by atoms with van der Waals surface area (Å²) in [5.41, 5.74) is 1.66. The zero-order valence-electron chi connectivity index (χ0n) is 14.8. The number of aromatic nitrogens is 2. The molecule has 0 bridgehead atoms. The molecule has 1 aromatic heterocycles. The van der Waals surface area contributed by atoms with Crippen molar-refractivity contribution >= 4 is 28.8 Å². The number of rotatable bonds is 6. The van der Waals surface area contributed by atoms with Gasteiger partial charge in [-0.25, -0.2) is 4.39 Å². The van der Waals surface area contributed by atoms with Gasteiger partial charge in [0.1, 0.15) is 11.6 Å². The van der Waals surface area contributed by atoms with Crippen LogP contribution < -0.4 is 15.4 Å². The zero-order valence-corrected chi connectivity index (χ0v) is 15.6. The first-order chi connectivity index (χ1) is 13.4. The van der Waals surface area contributed by atoms with Crippen LogP contribution in [0.4, 0.5) is 24.7 Å². The molecular formula is C19H17F3N4OS. The molecule has 0 radical (unpaired) electrons. The summed E-state index contributed by atoms with van der Waals surface area (Å²) in [4.78, 5) is 0. The SMILES string of the molecule is Cc1ccc(OC(F)F)c(NC(=S)Nc2ccn(Cc3ccccc3F)n2)c1. The normalized spacial score (nSPS) is 10.8. The molecule has 0 atom stereocenters. The molecule has 0 fully saturated rings. The van der Waals surface area contributed by atoms with Gasteiger partial charge in [0.15, 0.2) is 10.9 Å². The summed E-state index contributed by atoms with van der Waals surface area (Å²) >= 11 is 5.22. The third-order valence-corrected chi connectivity index (χ3v) is 3.98. The van der Waals surface area contributed by atoms with Gasteiger partial charge < -0.3 is 15.4 Å². The Morgan fingerprint density at radius 3 is 2.71 bits per heavy atom. The van der Waals surface area contributed by atoms with Crippen molar-refractivity contribution in [2.75, 3.05) is 10.6 Å². The number of thiocarbonyl (C=S) groups is 1. The third-order valence-electron chi connectivity index (χ3n) is 3.77. The quantitative estimate of drug-likeness (QED) is 0.577. The Balaban J connectivity index is 1.65. The van der Waals surface area contributed by atoms with E-state index in [4.69, 9.17) is 12.2 Å². The van der Waals surface area contributed by atoms with Gasteiger partial charge in [-0.3, -0.25) is 4.68 Å². The number of benzene rings is 2. The lowest BCUT2D eigenvalue weighted by Gasteiger charge is -2.14. The molecule has 5 nitrogen and oxygen atoms in total. The number of hydrogen-bond donors (Lipinski definition) is 2. The molecule has 2 aromatic carbocycles. The molecule has 28 heavy (non-hydrogen) atoms. The summed E-state index contributed by atoms with van der Waals surface area (Å²) in [7, 11) is 0. The lowest BCUT2D eigenvalue weighted by molar-refractivity contribution is -0.0493. The van der Waals surface area contributed by atoms with E-state index in [1.807, 2.05) is 6.92 Å². The van der Waals surface area contributed by atoms with Crippen molar-refractivity contribution in [1.82, 2.24) is 9.78 Å². The highest BCUT2D eigenvalue weighted by atomic mass is 32.1. The van der Waals surface area contributed by atoms with Crippen LogP contribution >= 0.6 is 12.2 Å². The summed E-state index contributed by atoms with van der Waals surface area (Å²) in [5.74, 6) is 0.100. The highest BCUT2D eigenvalue weighted by molar-refractivity contribution is 7.80. The van der Waals surface area contributed by atoms with E-state index >= 15 is 0 Å². The Morgan fingerprint density at radius 2 is 1.96 bits per heavy atom. The van der Waals surface area contributed by atoms with Crippen LogP contribution in [-0.2, 0) is 6.54 Å². The molecule has 1 heterocycles. The fourth-order valence-electron chi connectivity index (χ4n) is 2.53. The lowest BCUT2D eigenvalue weighted by Crippen LogP contribution is -2.20. The van der Waals surface area contributed by atoms with Gasteiger partial charge in [0.05, 0.1) is 12.2 Å². The van der Waals surface area contributed by atoms with Crippen LogP contribution in [-0.4, -0.2) is 21.5 Å². The van der Waals surface area contributed by atoms with Crippen molar-refractivity contribution in [3.05, 3.63) is 71.7 Å². The average molecular weight is 406 g/mol. The monoisotopic (exact) mass is 406 g/mol. The van der Waals surface area contributed by atoms with E-state index in [9.17, 15) is 13.2 Å². The largest absolute Gasteiger partial charge is 0.433 e. The van der Waals surface area contributed by atoms with Gasteiger partial charge in [-0.15, -0.1) is 0 Å². The predicted molar refractivity (Wildman–Crippen MR) is 105 cm³/mol. The van der Waals surface area contributed by atoms with Crippen LogP contribution in [0.25, 0.3) is 0 Å². The standard InChI is InChI=1S/C19H17F3N4OS/c1-12-6-7-16(27-18(21)22)15(10-12)23-19(28)24-17-8-9-26(25-17)11-13-4-2-3-5-14(13)20/h2-10,18H,11H2,1H3,(H2,23,24,25,28). The van der Waals surface area contributed by atoms with Gasteiger partial charge in [0, 0.05) is 17.8 Å². The van der Waals surface area contributed by atoms with Crippen molar-refractivity contribution in [2.45, 2.75) is 20.1 Å². The minimum Gasteiger partial charge on any atom is -0.433 e. The second-order valence-electron chi connectivity index (χ2n) is 5.95. The number of nitrogens with zero attached hydrogens (tertiary/aromatic N) is 2. The maximum absolute atomic E-state index is 13.7. The molecule has 2 N–H and O–H groups in total. The van der Waals surface area contributed by atoms with E-state index in [2.05, 4.69) is 20.5 Å². The number of aryl methyl sites for hydroxylation is 1. The van der Waals surface area contributed by atoms with Gasteiger partial charge in [-0.1, -0.05) is 24.3 Å². The van der Waals surface area contributed by atoms with Crippen molar-refractivity contribution in [1.29, 1.82) is 0 Å². The summed E-state index contributed by atoms with van der Waals surface area (Å²) in [6.45, 7) is -0.865. The van der Waals surface area contributed by atoms with Crippen LogP contribution in [0.5, 0.6) is 5.75 Å². The zero-order chi connectivity index (χ0) is 20.1. The predicted octanol–water partition coefficient (Wildman–Crippen LogP) is 4.79. The molecular weight excluding hydrogens is 389 g/mol. The second kappa shape index (κ2) is 8.75. The molecule has 0 spiro atoms. The number of anilines is 2. The topological polar surface area (TPSA) is 51.1 Å². The molecule has 0 aliphatic carbocycles. The van der Waals surface area contributed by atoms with Gasteiger partial charge in [-0.05, 0) is 42.9 Å². The number of alkyl halides is 2. The van der Waals surface area contributed by atoms with Crippen molar-refractivity contribution in [3.63, 3.8) is 0 Å². The van der Waals surface area contributed by atoms with Crippen LogP contribution in [0.2, 0.25) is 0 Å². The molecule has 0 amide bonds. The maximum Gasteiger partial charge on any atom is 0.387 e. The van der Waals surface area contributed by atoms with E-state index < -0.39 is 6.61 Å². The molecule has 3 rings (SSSR count). The maximum atomic E-state index is 13.7. The van der Waals surface area contributed by atoms with E-state index in [1.165, 1.54) is 12.1 Å². The Kier molecular flexibility index (Phi) is 6.15. The van der Waals surface area contributed by atoms with Gasteiger partial charge >= 0.3 is 6.61 Å². The minimum atomic E-state index is -2.95. The summed E-state index contributed by atoms with van der Waals surface area (Å²) in [6.07, 6.45) is 1.68. The molecule has 0 aliphatic rings. The molecule has 9 heteroatoms. The molecule has 0 unspecified atom stereocenters. The van der Waals surface area contributed by atoms with Crippen molar-refractivity contribution < 1.29 is 17.9 Å². The highest BCUT2D eigenvalue weighted by Crippen LogP contribution is 2.27. The first-order valence-corrected chi connectivity index (χ1v) is 8.72. The van der Waals surface area contributed by atoms with Crippen LogP contribution in [0.15, 0.2) is 54.7 Å². The molecule has 3 aromatic rings. The Bertz CT molecular complexity index is 977. The number of halogens is 3. The van der Waals surface area contributed by atoms with Gasteiger partial charge in [0.2, 0.25) is 0 Å². The Hall–Kier alpha value is -3.07. The molecule has 0 saturated heterocycles. The summed E-state index contributed by atoms with van der Waals surface area (Å²) < 4.78 is 44.9. The summed E-state index contributed by atoms with van der Waals surface area (Å²) in [6, 6.07) is 12.8. The van der Waals surface area contributed by atoms with Gasteiger partial charge in [-0.2, -0.15) is 13.9 Å². The average Bonchev–Trinajstić information content (AvgIpc) is 3.06. The molecule has 0 saturated carbocycles.